The van der Waals surface area contributed by atoms with Gasteiger partial charge >= 0.3 is 0 Å². The molecule has 1 unspecified atom stereocenters. The van der Waals surface area contributed by atoms with Crippen molar-refractivity contribution in [2.24, 2.45) is 5.41 Å². The van der Waals surface area contributed by atoms with E-state index in [0.29, 0.717) is 18.1 Å². The third-order valence-electron chi connectivity index (χ3n) is 3.80. The van der Waals surface area contributed by atoms with Crippen LogP contribution in [0.15, 0.2) is 0 Å². The van der Waals surface area contributed by atoms with Crippen molar-refractivity contribution in [3.63, 3.8) is 0 Å². The van der Waals surface area contributed by atoms with Gasteiger partial charge in [0.25, 0.3) is 0 Å². The van der Waals surface area contributed by atoms with Gasteiger partial charge in [-0.3, -0.25) is 0 Å². The Morgan fingerprint density at radius 3 is 2.56 bits per heavy atom. The first-order valence-electron chi connectivity index (χ1n) is 6.56. The lowest BCUT2D eigenvalue weighted by Gasteiger charge is -2.38. The number of aliphatic hydroxyl groups excluding tert-OH is 1. The Morgan fingerprint density at radius 1 is 1.31 bits per heavy atom. The zero-order chi connectivity index (χ0) is 11.9. The molecule has 0 aromatic heterocycles. The van der Waals surface area contributed by atoms with Crippen LogP contribution >= 0.6 is 0 Å². The van der Waals surface area contributed by atoms with E-state index in [0.717, 1.165) is 19.6 Å². The number of ether oxygens (including phenoxy) is 1. The lowest BCUT2D eigenvalue weighted by atomic mass is 9.72. The summed E-state index contributed by atoms with van der Waals surface area (Å²) >= 11 is 0. The van der Waals surface area contributed by atoms with Gasteiger partial charge < -0.3 is 15.2 Å². The number of hydrogen-bond donors (Lipinski definition) is 2. The summed E-state index contributed by atoms with van der Waals surface area (Å²) in [4.78, 5) is 0. The maximum absolute atomic E-state index is 9.20. The summed E-state index contributed by atoms with van der Waals surface area (Å²) in [5.41, 5.74) is 0.342. The molecular formula is C13H27NO2. The SMILES string of the molecule is COCC(C)NCC1(CCO)CCCCC1. The minimum atomic E-state index is 0.320. The number of rotatable bonds is 7. The molecule has 1 fully saturated rings. The highest BCUT2D eigenvalue weighted by atomic mass is 16.5. The molecule has 0 amide bonds. The average molecular weight is 229 g/mol. The van der Waals surface area contributed by atoms with Gasteiger partial charge in [-0.25, -0.2) is 0 Å². The van der Waals surface area contributed by atoms with Crippen LogP contribution in [0.5, 0.6) is 0 Å². The highest BCUT2D eigenvalue weighted by Gasteiger charge is 2.31. The first kappa shape index (κ1) is 13.9. The molecule has 0 aromatic carbocycles. The van der Waals surface area contributed by atoms with Gasteiger partial charge in [0, 0.05) is 26.3 Å². The van der Waals surface area contributed by atoms with Gasteiger partial charge in [-0.1, -0.05) is 19.3 Å². The Labute approximate surface area is 99.6 Å². The van der Waals surface area contributed by atoms with E-state index in [1.54, 1.807) is 7.11 Å². The molecule has 0 saturated heterocycles. The summed E-state index contributed by atoms with van der Waals surface area (Å²) in [5.74, 6) is 0. The van der Waals surface area contributed by atoms with Crippen LogP contribution in [0.1, 0.15) is 45.4 Å². The van der Waals surface area contributed by atoms with E-state index in [-0.39, 0.29) is 0 Å². The number of methoxy groups -OCH3 is 1. The first-order chi connectivity index (χ1) is 7.72. The third kappa shape index (κ3) is 4.40. The fourth-order valence-electron chi connectivity index (χ4n) is 2.75. The van der Waals surface area contributed by atoms with Crippen molar-refractivity contribution in [2.75, 3.05) is 26.9 Å². The van der Waals surface area contributed by atoms with Crippen molar-refractivity contribution in [1.29, 1.82) is 0 Å². The number of hydrogen-bond acceptors (Lipinski definition) is 3. The van der Waals surface area contributed by atoms with Gasteiger partial charge in [-0.05, 0) is 31.6 Å². The Bertz CT molecular complexity index is 173. The molecule has 0 heterocycles. The number of nitrogens with one attached hydrogen (secondary N) is 1. The monoisotopic (exact) mass is 229 g/mol. The van der Waals surface area contributed by atoms with Crippen LogP contribution < -0.4 is 5.32 Å². The predicted octanol–water partition coefficient (Wildman–Crippen LogP) is 1.94. The van der Waals surface area contributed by atoms with Crippen LogP contribution in [0.25, 0.3) is 0 Å². The van der Waals surface area contributed by atoms with Crippen molar-refractivity contribution in [3.8, 4) is 0 Å². The molecule has 0 spiro atoms. The highest BCUT2D eigenvalue weighted by molar-refractivity contribution is 4.85. The van der Waals surface area contributed by atoms with Gasteiger partial charge in [0.2, 0.25) is 0 Å². The zero-order valence-electron chi connectivity index (χ0n) is 10.8. The quantitative estimate of drug-likeness (QED) is 0.701. The van der Waals surface area contributed by atoms with E-state index in [4.69, 9.17) is 4.74 Å². The molecule has 0 radical (unpaired) electrons. The van der Waals surface area contributed by atoms with E-state index in [1.807, 2.05) is 0 Å². The van der Waals surface area contributed by atoms with E-state index in [9.17, 15) is 5.11 Å². The van der Waals surface area contributed by atoms with E-state index >= 15 is 0 Å². The molecule has 3 heteroatoms. The van der Waals surface area contributed by atoms with E-state index in [2.05, 4.69) is 12.2 Å². The van der Waals surface area contributed by atoms with Gasteiger partial charge in [-0.2, -0.15) is 0 Å². The second-order valence-electron chi connectivity index (χ2n) is 5.27. The van der Waals surface area contributed by atoms with Gasteiger partial charge in [-0.15, -0.1) is 0 Å². The molecule has 0 bridgehead atoms. The minimum Gasteiger partial charge on any atom is -0.396 e. The van der Waals surface area contributed by atoms with E-state index in [1.165, 1.54) is 32.1 Å². The van der Waals surface area contributed by atoms with Gasteiger partial charge in [0.15, 0.2) is 0 Å². The molecule has 1 atom stereocenters. The normalized spacial score (nSPS) is 21.9. The van der Waals surface area contributed by atoms with Crippen LogP contribution in [0.4, 0.5) is 0 Å². The minimum absolute atomic E-state index is 0.320. The summed E-state index contributed by atoms with van der Waals surface area (Å²) in [5, 5.41) is 12.7. The first-order valence-corrected chi connectivity index (χ1v) is 6.56. The zero-order valence-corrected chi connectivity index (χ0v) is 10.8. The molecule has 3 nitrogen and oxygen atoms in total. The van der Waals surface area contributed by atoms with Crippen LogP contribution in [-0.2, 0) is 4.74 Å². The average Bonchev–Trinajstić information content (AvgIpc) is 2.29. The van der Waals surface area contributed by atoms with Crippen molar-refractivity contribution in [1.82, 2.24) is 5.32 Å². The fourth-order valence-corrected chi connectivity index (χ4v) is 2.75. The topological polar surface area (TPSA) is 41.5 Å². The van der Waals surface area contributed by atoms with Crippen LogP contribution in [0.3, 0.4) is 0 Å². The predicted molar refractivity (Wildman–Crippen MR) is 66.6 cm³/mol. The van der Waals surface area contributed by atoms with Crippen molar-refractivity contribution >= 4 is 0 Å². The molecule has 16 heavy (non-hydrogen) atoms. The Hall–Kier alpha value is -0.120. The van der Waals surface area contributed by atoms with E-state index < -0.39 is 0 Å². The molecule has 1 rings (SSSR count). The summed E-state index contributed by atoms with van der Waals surface area (Å²) in [6.45, 7) is 4.26. The lowest BCUT2D eigenvalue weighted by molar-refractivity contribution is 0.111. The standard InChI is InChI=1S/C13H27NO2/c1-12(10-16-2)14-11-13(8-9-15)6-4-3-5-7-13/h12,14-15H,3-11H2,1-2H3. The smallest absolute Gasteiger partial charge is 0.0613 e. The summed E-state index contributed by atoms with van der Waals surface area (Å²) in [7, 11) is 1.74. The summed E-state index contributed by atoms with van der Waals surface area (Å²) < 4.78 is 5.12. The third-order valence-corrected chi connectivity index (χ3v) is 3.80. The van der Waals surface area contributed by atoms with Gasteiger partial charge in [0.05, 0.1) is 6.61 Å². The van der Waals surface area contributed by atoms with Crippen molar-refractivity contribution in [2.45, 2.75) is 51.5 Å². The second-order valence-corrected chi connectivity index (χ2v) is 5.27. The maximum atomic E-state index is 9.20. The van der Waals surface area contributed by atoms with Crippen LogP contribution in [0, 0.1) is 5.41 Å². The fraction of sp³-hybridized carbons (Fsp3) is 1.00. The summed E-state index contributed by atoms with van der Waals surface area (Å²) in [6, 6.07) is 0.405. The van der Waals surface area contributed by atoms with Crippen molar-refractivity contribution in [3.05, 3.63) is 0 Å². The van der Waals surface area contributed by atoms with Crippen LogP contribution in [0.2, 0.25) is 0 Å². The maximum Gasteiger partial charge on any atom is 0.0613 e. The molecule has 1 aliphatic rings. The second kappa shape index (κ2) is 7.25. The van der Waals surface area contributed by atoms with Crippen molar-refractivity contribution < 1.29 is 9.84 Å². The van der Waals surface area contributed by atoms with Gasteiger partial charge in [0.1, 0.15) is 0 Å². The number of aliphatic hydroxyl groups is 1. The largest absolute Gasteiger partial charge is 0.396 e. The Balaban J connectivity index is 2.37. The Morgan fingerprint density at radius 2 is 2.00 bits per heavy atom. The Kier molecular flexibility index (Phi) is 6.32. The summed E-state index contributed by atoms with van der Waals surface area (Å²) in [6.07, 6.45) is 7.47. The molecule has 96 valence electrons. The lowest BCUT2D eigenvalue weighted by Crippen LogP contribution is -2.42. The molecule has 0 aromatic rings. The molecule has 1 aliphatic carbocycles. The molecular weight excluding hydrogens is 202 g/mol. The molecule has 2 N–H and O–H groups in total. The van der Waals surface area contributed by atoms with Crippen LogP contribution in [-0.4, -0.2) is 38.0 Å². The highest BCUT2D eigenvalue weighted by Crippen LogP contribution is 2.38. The molecule has 0 aliphatic heterocycles. The molecule has 1 saturated carbocycles.